The van der Waals surface area contributed by atoms with Crippen LogP contribution in [-0.4, -0.2) is 13.1 Å². The summed E-state index contributed by atoms with van der Waals surface area (Å²) in [5, 5.41) is 0. The van der Waals surface area contributed by atoms with Crippen LogP contribution in [0.15, 0.2) is 24.3 Å². The molecule has 0 saturated carbocycles. The lowest BCUT2D eigenvalue weighted by Gasteiger charge is -2.03. The van der Waals surface area contributed by atoms with Crippen molar-refractivity contribution in [2.75, 3.05) is 4.66 Å². The quantitative estimate of drug-likeness (QED) is 0.462. The molecule has 72 valence electrons. The van der Waals surface area contributed by atoms with Gasteiger partial charge in [-0.15, -0.1) is 0 Å². The van der Waals surface area contributed by atoms with Gasteiger partial charge < -0.3 is 4.18 Å². The van der Waals surface area contributed by atoms with E-state index in [1.165, 1.54) is 0 Å². The van der Waals surface area contributed by atoms with Crippen LogP contribution in [0.1, 0.15) is 0 Å². The number of halogens is 2. The van der Waals surface area contributed by atoms with Gasteiger partial charge in [0, 0.05) is 3.57 Å². The molecule has 1 aromatic rings. The lowest BCUT2D eigenvalue weighted by atomic mass is 10.3. The zero-order valence-electron chi connectivity index (χ0n) is 6.41. The Morgan fingerprint density at radius 1 is 1.46 bits per heavy atom. The molecule has 0 heterocycles. The molecule has 0 radical (unpaired) electrons. The minimum atomic E-state index is -3.48. The normalized spacial score (nSPS) is 11.2. The number of benzene rings is 1. The molecule has 0 aliphatic carbocycles. The van der Waals surface area contributed by atoms with Crippen LogP contribution in [0.4, 0.5) is 0 Å². The van der Waals surface area contributed by atoms with E-state index in [1.54, 1.807) is 18.2 Å². The van der Waals surface area contributed by atoms with Crippen LogP contribution in [0.25, 0.3) is 0 Å². The summed E-state index contributed by atoms with van der Waals surface area (Å²) in [6.45, 7) is 0. The van der Waals surface area contributed by atoms with Gasteiger partial charge in [0.25, 0.3) is 0 Å². The third kappa shape index (κ3) is 3.82. The molecule has 6 heteroatoms. The summed E-state index contributed by atoms with van der Waals surface area (Å²) in [7, 11) is -3.48. The Hall–Kier alpha value is 0.180. The summed E-state index contributed by atoms with van der Waals surface area (Å²) in [5.41, 5.74) is 0. The Bertz CT molecular complexity index is 390. The van der Waals surface area contributed by atoms with E-state index in [9.17, 15) is 8.42 Å². The first kappa shape index (κ1) is 11.3. The second-order valence-electron chi connectivity index (χ2n) is 2.21. The average molecular weight is 377 g/mol. The second-order valence-corrected chi connectivity index (χ2v) is 6.33. The first-order chi connectivity index (χ1) is 6.03. The average Bonchev–Trinajstić information content (AvgIpc) is 2.03. The van der Waals surface area contributed by atoms with E-state index in [0.29, 0.717) is 5.75 Å². The summed E-state index contributed by atoms with van der Waals surface area (Å²) < 4.78 is 27.5. The van der Waals surface area contributed by atoms with E-state index in [4.69, 9.17) is 4.18 Å². The highest BCUT2D eigenvalue weighted by atomic mass is 127. The number of hydrogen-bond donors (Lipinski definition) is 0. The zero-order valence-corrected chi connectivity index (χ0v) is 11.0. The largest absolute Gasteiger partial charge is 0.382 e. The molecule has 0 aromatic heterocycles. The van der Waals surface area contributed by atoms with Crippen molar-refractivity contribution in [2.24, 2.45) is 0 Å². The van der Waals surface area contributed by atoms with E-state index in [2.05, 4.69) is 38.5 Å². The lowest BCUT2D eigenvalue weighted by Crippen LogP contribution is -2.09. The van der Waals surface area contributed by atoms with Crippen LogP contribution in [0, 0.1) is 3.57 Å². The molecule has 0 fully saturated rings. The van der Waals surface area contributed by atoms with Crippen LogP contribution in [-0.2, 0) is 10.1 Å². The molecule has 1 rings (SSSR count). The minimum Gasteiger partial charge on any atom is -0.382 e. The number of alkyl halides is 1. The molecular weight excluding hydrogens is 371 g/mol. The fourth-order valence-electron chi connectivity index (χ4n) is 0.688. The molecule has 0 bridgehead atoms. The van der Waals surface area contributed by atoms with E-state index in [-0.39, 0.29) is 4.66 Å². The van der Waals surface area contributed by atoms with E-state index >= 15 is 0 Å². The lowest BCUT2D eigenvalue weighted by molar-refractivity contribution is 0.492. The maximum absolute atomic E-state index is 11.0. The predicted octanol–water partition coefficient (Wildman–Crippen LogP) is 2.35. The monoisotopic (exact) mass is 376 g/mol. The van der Waals surface area contributed by atoms with Gasteiger partial charge in [-0.3, -0.25) is 0 Å². The second kappa shape index (κ2) is 4.61. The Balaban J connectivity index is 2.87. The fraction of sp³-hybridized carbons (Fsp3) is 0.143. The van der Waals surface area contributed by atoms with Gasteiger partial charge in [-0.05, 0) is 40.8 Å². The molecule has 0 atom stereocenters. The smallest absolute Gasteiger partial charge is 0.319 e. The van der Waals surface area contributed by atoms with Crippen LogP contribution < -0.4 is 4.18 Å². The molecule has 0 saturated heterocycles. The van der Waals surface area contributed by atoms with Crippen molar-refractivity contribution in [3.63, 3.8) is 0 Å². The molecule has 0 unspecified atom stereocenters. The third-order valence-electron chi connectivity index (χ3n) is 1.15. The van der Waals surface area contributed by atoms with Gasteiger partial charge in [0.2, 0.25) is 0 Å². The van der Waals surface area contributed by atoms with E-state index in [1.807, 2.05) is 6.07 Å². The maximum atomic E-state index is 11.0. The predicted molar refractivity (Wildman–Crippen MR) is 62.5 cm³/mol. The summed E-state index contributed by atoms with van der Waals surface area (Å²) in [4.78, 5) is 0. The van der Waals surface area contributed by atoms with Gasteiger partial charge in [-0.2, -0.15) is 8.42 Å². The van der Waals surface area contributed by atoms with Crippen LogP contribution in [0.5, 0.6) is 5.75 Å². The molecule has 0 N–H and O–H groups in total. The van der Waals surface area contributed by atoms with Crippen molar-refractivity contribution in [1.29, 1.82) is 0 Å². The van der Waals surface area contributed by atoms with Crippen LogP contribution >= 0.6 is 38.5 Å². The molecule has 0 amide bonds. The maximum Gasteiger partial charge on any atom is 0.319 e. The number of rotatable bonds is 3. The standard InChI is InChI=1S/C7H6BrIO3S/c8-5-13(10,11)12-7-3-1-2-6(9)4-7/h1-4H,5H2. The van der Waals surface area contributed by atoms with Gasteiger partial charge in [0.15, 0.2) is 0 Å². The first-order valence-electron chi connectivity index (χ1n) is 3.27. The van der Waals surface area contributed by atoms with Crippen molar-refractivity contribution in [3.8, 4) is 5.75 Å². The highest BCUT2D eigenvalue weighted by Gasteiger charge is 2.09. The minimum absolute atomic E-state index is 0.203. The zero-order chi connectivity index (χ0) is 9.90. The van der Waals surface area contributed by atoms with Crippen LogP contribution in [0.3, 0.4) is 0 Å². The highest BCUT2D eigenvalue weighted by Crippen LogP contribution is 2.17. The van der Waals surface area contributed by atoms with Crippen molar-refractivity contribution < 1.29 is 12.6 Å². The molecule has 0 spiro atoms. The van der Waals surface area contributed by atoms with Gasteiger partial charge >= 0.3 is 10.1 Å². The Kier molecular flexibility index (Phi) is 3.99. The molecule has 0 aliphatic rings. The summed E-state index contributed by atoms with van der Waals surface area (Å²) >= 11 is 4.91. The molecular formula is C7H6BrIO3S. The molecule has 3 nitrogen and oxygen atoms in total. The Morgan fingerprint density at radius 3 is 2.69 bits per heavy atom. The third-order valence-corrected chi connectivity index (χ3v) is 4.22. The highest BCUT2D eigenvalue weighted by molar-refractivity contribution is 14.1. The SMILES string of the molecule is O=S(=O)(CBr)Oc1cccc(I)c1. The molecule has 1 aromatic carbocycles. The Labute approximate surface area is 98.9 Å². The topological polar surface area (TPSA) is 43.4 Å². The number of hydrogen-bond acceptors (Lipinski definition) is 3. The van der Waals surface area contributed by atoms with Crippen LogP contribution in [0.2, 0.25) is 0 Å². The fourth-order valence-corrected chi connectivity index (χ4v) is 1.92. The van der Waals surface area contributed by atoms with Crippen molar-refractivity contribution in [2.45, 2.75) is 0 Å². The Morgan fingerprint density at radius 2 is 2.15 bits per heavy atom. The summed E-state index contributed by atoms with van der Waals surface area (Å²) in [6, 6.07) is 6.85. The molecule has 0 aliphatic heterocycles. The summed E-state index contributed by atoms with van der Waals surface area (Å²) in [6.07, 6.45) is 0. The van der Waals surface area contributed by atoms with Crippen molar-refractivity contribution in [3.05, 3.63) is 27.8 Å². The van der Waals surface area contributed by atoms with Crippen molar-refractivity contribution >= 4 is 48.6 Å². The van der Waals surface area contributed by atoms with Gasteiger partial charge in [-0.25, -0.2) is 0 Å². The van der Waals surface area contributed by atoms with Gasteiger partial charge in [0.05, 0.1) is 0 Å². The van der Waals surface area contributed by atoms with Gasteiger partial charge in [-0.1, -0.05) is 22.0 Å². The summed E-state index contributed by atoms with van der Waals surface area (Å²) in [5.74, 6) is 0.339. The first-order valence-corrected chi connectivity index (χ1v) is 7.05. The van der Waals surface area contributed by atoms with E-state index in [0.717, 1.165) is 3.57 Å². The van der Waals surface area contributed by atoms with E-state index < -0.39 is 10.1 Å². The molecule has 13 heavy (non-hydrogen) atoms. The van der Waals surface area contributed by atoms with Crippen molar-refractivity contribution in [1.82, 2.24) is 0 Å². The van der Waals surface area contributed by atoms with Gasteiger partial charge in [0.1, 0.15) is 10.4 Å².